The number of thiophene rings is 1. The minimum Gasteiger partial charge on any atom is -0.456 e. The maximum atomic E-state index is 12.6. The number of nitrogens with one attached hydrogen (secondary N) is 1. The molecule has 172 valence electrons. The Balaban J connectivity index is 1.24. The van der Waals surface area contributed by atoms with Gasteiger partial charge in [0.1, 0.15) is 0 Å². The monoisotopic (exact) mass is 466 g/mol. The van der Waals surface area contributed by atoms with Crippen molar-refractivity contribution in [1.29, 1.82) is 0 Å². The Labute approximate surface area is 195 Å². The van der Waals surface area contributed by atoms with E-state index in [4.69, 9.17) is 9.15 Å². The number of aryl methyl sites for hydroxylation is 1. The first-order chi connectivity index (χ1) is 16.1. The summed E-state index contributed by atoms with van der Waals surface area (Å²) in [6.45, 7) is 2.37. The lowest BCUT2D eigenvalue weighted by molar-refractivity contribution is -0.152. The number of esters is 1. The second kappa shape index (κ2) is 10.9. The van der Waals surface area contributed by atoms with Crippen molar-refractivity contribution in [2.75, 3.05) is 13.2 Å². The van der Waals surface area contributed by atoms with E-state index >= 15 is 0 Å². The number of aromatic nitrogens is 3. The Morgan fingerprint density at radius 3 is 2.88 bits per heavy atom. The van der Waals surface area contributed by atoms with Gasteiger partial charge in [-0.25, -0.2) is 0 Å². The average Bonchev–Trinajstić information content (AvgIpc) is 3.58. The van der Waals surface area contributed by atoms with E-state index in [0.717, 1.165) is 23.2 Å². The first kappa shape index (κ1) is 22.7. The summed E-state index contributed by atoms with van der Waals surface area (Å²) < 4.78 is 10.9. The highest BCUT2D eigenvalue weighted by atomic mass is 32.1. The molecule has 0 unspecified atom stereocenters. The van der Waals surface area contributed by atoms with Crippen LogP contribution in [0.3, 0.4) is 0 Å². The van der Waals surface area contributed by atoms with Gasteiger partial charge in [-0.15, -0.1) is 21.5 Å². The van der Waals surface area contributed by atoms with E-state index in [1.54, 1.807) is 4.90 Å². The van der Waals surface area contributed by atoms with Crippen LogP contribution in [-0.2, 0) is 27.3 Å². The van der Waals surface area contributed by atoms with E-state index in [9.17, 15) is 9.59 Å². The molecular formula is C24H26N4O4S. The van der Waals surface area contributed by atoms with E-state index in [1.165, 1.54) is 22.3 Å². The van der Waals surface area contributed by atoms with E-state index in [1.807, 2.05) is 48.8 Å². The van der Waals surface area contributed by atoms with Gasteiger partial charge < -0.3 is 19.0 Å². The molecule has 9 heteroatoms. The molecule has 0 saturated carbocycles. The van der Waals surface area contributed by atoms with Crippen molar-refractivity contribution >= 4 is 34.1 Å². The minimum atomic E-state index is -0.377. The highest BCUT2D eigenvalue weighted by molar-refractivity contribution is 7.13. The lowest BCUT2D eigenvalue weighted by Gasteiger charge is -2.20. The number of nitrogens with zero attached hydrogens (tertiary/aromatic N) is 3. The van der Waals surface area contributed by atoms with Crippen LogP contribution in [0.1, 0.15) is 37.6 Å². The van der Waals surface area contributed by atoms with E-state index < -0.39 is 0 Å². The Kier molecular flexibility index (Phi) is 7.51. The quantitative estimate of drug-likeness (QED) is 0.325. The number of aromatic amines is 1. The van der Waals surface area contributed by atoms with Gasteiger partial charge in [0.25, 0.3) is 11.8 Å². The van der Waals surface area contributed by atoms with Crippen molar-refractivity contribution in [2.24, 2.45) is 0 Å². The molecule has 0 atom stereocenters. The summed E-state index contributed by atoms with van der Waals surface area (Å²) >= 11 is 1.51. The lowest BCUT2D eigenvalue weighted by Crippen LogP contribution is -2.35. The zero-order valence-electron chi connectivity index (χ0n) is 18.5. The van der Waals surface area contributed by atoms with Crippen LogP contribution in [0.2, 0.25) is 0 Å². The predicted molar refractivity (Wildman–Crippen MR) is 126 cm³/mol. The third kappa shape index (κ3) is 5.87. The number of amides is 1. The molecule has 33 heavy (non-hydrogen) atoms. The molecular weight excluding hydrogens is 440 g/mol. The van der Waals surface area contributed by atoms with Gasteiger partial charge in [-0.1, -0.05) is 31.2 Å². The van der Waals surface area contributed by atoms with Gasteiger partial charge in [-0.05, 0) is 42.3 Å². The number of ether oxygens (including phenoxy) is 1. The molecule has 3 heterocycles. The third-order valence-electron chi connectivity index (χ3n) is 5.23. The zero-order valence-corrected chi connectivity index (χ0v) is 19.3. The predicted octanol–water partition coefficient (Wildman–Crippen LogP) is 4.58. The van der Waals surface area contributed by atoms with Crippen LogP contribution in [0.5, 0.6) is 0 Å². The molecule has 0 spiro atoms. The van der Waals surface area contributed by atoms with Crippen LogP contribution >= 0.6 is 11.3 Å². The zero-order chi connectivity index (χ0) is 23.0. The summed E-state index contributed by atoms with van der Waals surface area (Å²) in [4.78, 5) is 30.5. The van der Waals surface area contributed by atoms with Gasteiger partial charge >= 0.3 is 5.97 Å². The summed E-state index contributed by atoms with van der Waals surface area (Å²) in [6.07, 6.45) is 4.41. The fraction of sp³-hybridized carbons (Fsp3) is 0.333. The Bertz CT molecular complexity index is 1200. The van der Waals surface area contributed by atoms with Crippen molar-refractivity contribution in [3.05, 3.63) is 59.4 Å². The SMILES string of the molecule is CCCN(Cc1nnc(-c2cccs2)o1)C(=O)COC(=O)CCCc1c[nH]c2ccccc12. The van der Waals surface area contributed by atoms with Crippen molar-refractivity contribution in [3.8, 4) is 10.8 Å². The molecule has 1 N–H and O–H groups in total. The lowest BCUT2D eigenvalue weighted by atomic mass is 10.1. The summed E-state index contributed by atoms with van der Waals surface area (Å²) in [5, 5.41) is 11.2. The fourth-order valence-corrected chi connectivity index (χ4v) is 4.25. The van der Waals surface area contributed by atoms with Gasteiger partial charge in [-0.3, -0.25) is 9.59 Å². The van der Waals surface area contributed by atoms with Gasteiger partial charge in [0.05, 0.1) is 11.4 Å². The van der Waals surface area contributed by atoms with Gasteiger partial charge in [0, 0.05) is 30.1 Å². The van der Waals surface area contributed by atoms with Crippen molar-refractivity contribution in [3.63, 3.8) is 0 Å². The van der Waals surface area contributed by atoms with Crippen LogP contribution in [0.4, 0.5) is 0 Å². The van der Waals surface area contributed by atoms with Crippen molar-refractivity contribution in [2.45, 2.75) is 39.2 Å². The van der Waals surface area contributed by atoms with Crippen molar-refractivity contribution in [1.82, 2.24) is 20.1 Å². The molecule has 0 radical (unpaired) electrons. The fourth-order valence-electron chi connectivity index (χ4n) is 3.61. The molecule has 1 amide bonds. The topological polar surface area (TPSA) is 101 Å². The standard InChI is InChI=1S/C24H26N4O4S/c1-2-12-28(15-21-26-27-24(32-21)20-10-6-13-33-20)22(29)16-31-23(30)11-5-7-17-14-25-19-9-4-3-8-18(17)19/h3-4,6,8-10,13-14,25H,2,5,7,11-12,15-16H2,1H3. The molecule has 3 aromatic heterocycles. The molecule has 4 rings (SSSR count). The highest BCUT2D eigenvalue weighted by Crippen LogP contribution is 2.23. The number of fused-ring (bicyclic) bond motifs is 1. The normalized spacial score (nSPS) is 11.1. The van der Waals surface area contributed by atoms with Gasteiger partial charge in [0.15, 0.2) is 6.61 Å². The van der Waals surface area contributed by atoms with Crippen LogP contribution < -0.4 is 0 Å². The maximum absolute atomic E-state index is 12.6. The molecule has 8 nitrogen and oxygen atoms in total. The van der Waals surface area contributed by atoms with Gasteiger partial charge in [0.2, 0.25) is 5.89 Å². The average molecular weight is 467 g/mol. The first-order valence-corrected chi connectivity index (χ1v) is 11.9. The Morgan fingerprint density at radius 1 is 1.18 bits per heavy atom. The molecule has 0 fully saturated rings. The molecule has 4 aromatic rings. The van der Waals surface area contributed by atoms with Crippen LogP contribution in [0, 0.1) is 0 Å². The van der Waals surface area contributed by atoms with Crippen molar-refractivity contribution < 1.29 is 18.7 Å². The molecule has 0 aliphatic heterocycles. The van der Waals surface area contributed by atoms with E-state index in [0.29, 0.717) is 24.7 Å². The Morgan fingerprint density at radius 2 is 2.06 bits per heavy atom. The smallest absolute Gasteiger partial charge is 0.306 e. The number of hydrogen-bond donors (Lipinski definition) is 1. The molecule has 0 aliphatic rings. The number of carbonyl (C=O) groups excluding carboxylic acids is 2. The van der Waals surface area contributed by atoms with Crippen LogP contribution in [0.15, 0.2) is 52.4 Å². The summed E-state index contributed by atoms with van der Waals surface area (Å²) in [5.41, 5.74) is 2.26. The number of benzene rings is 1. The van der Waals surface area contributed by atoms with E-state index in [2.05, 4.69) is 21.2 Å². The Hall–Kier alpha value is -3.46. The summed E-state index contributed by atoms with van der Waals surface area (Å²) in [5.74, 6) is 0.130. The summed E-state index contributed by atoms with van der Waals surface area (Å²) in [6, 6.07) is 11.9. The number of H-pyrrole nitrogens is 1. The summed E-state index contributed by atoms with van der Waals surface area (Å²) in [7, 11) is 0. The second-order valence-electron chi connectivity index (χ2n) is 7.67. The van der Waals surface area contributed by atoms with Gasteiger partial charge in [-0.2, -0.15) is 0 Å². The van der Waals surface area contributed by atoms with Crippen LogP contribution in [-0.4, -0.2) is 45.1 Å². The third-order valence-corrected chi connectivity index (χ3v) is 6.09. The molecule has 0 saturated heterocycles. The van der Waals surface area contributed by atoms with Crippen LogP contribution in [0.25, 0.3) is 21.7 Å². The molecule has 1 aromatic carbocycles. The highest BCUT2D eigenvalue weighted by Gasteiger charge is 2.19. The number of rotatable bonds is 11. The maximum Gasteiger partial charge on any atom is 0.306 e. The number of hydrogen-bond acceptors (Lipinski definition) is 7. The molecule has 0 aliphatic carbocycles. The van der Waals surface area contributed by atoms with E-state index in [-0.39, 0.29) is 31.4 Å². The number of carbonyl (C=O) groups is 2. The second-order valence-corrected chi connectivity index (χ2v) is 8.61. The minimum absolute atomic E-state index is 0.184. The first-order valence-electron chi connectivity index (χ1n) is 11.0. The largest absolute Gasteiger partial charge is 0.456 e. The number of para-hydroxylation sites is 1. The molecule has 0 bridgehead atoms.